The Balaban J connectivity index is 2.87. The molecule has 9 heteroatoms. The van der Waals surface area contributed by atoms with Gasteiger partial charge in [-0.1, -0.05) is 0 Å². The van der Waals surface area contributed by atoms with E-state index in [1.807, 2.05) is 0 Å². The van der Waals surface area contributed by atoms with E-state index in [1.54, 1.807) is 0 Å². The molecule has 1 rings (SSSR count). The van der Waals surface area contributed by atoms with Crippen LogP contribution in [0.15, 0.2) is 28.6 Å². The molecular formula is C12H15F3N2O4. The number of allylic oxidation sites excluding steroid dienone is 2. The lowest BCUT2D eigenvalue weighted by atomic mass is 10.2. The zero-order chi connectivity index (χ0) is 15.7. The molecule has 0 atom stereocenters. The molecule has 1 aliphatic rings. The first-order valence-electron chi connectivity index (χ1n) is 6.06. The van der Waals surface area contributed by atoms with Crippen LogP contribution in [-0.2, 0) is 14.3 Å². The summed E-state index contributed by atoms with van der Waals surface area (Å²) in [5.41, 5.74) is -0.00755. The molecule has 118 valence electrons. The fourth-order valence-corrected chi connectivity index (χ4v) is 1.31. The molecule has 0 bridgehead atoms. The topological polar surface area (TPSA) is 80.2 Å². The molecule has 1 heterocycles. The number of hydrogen-bond donors (Lipinski definition) is 2. The van der Waals surface area contributed by atoms with E-state index < -0.39 is 18.8 Å². The molecule has 1 aliphatic heterocycles. The number of aliphatic imine (C=N–C) groups is 1. The van der Waals surface area contributed by atoms with Gasteiger partial charge < -0.3 is 19.9 Å². The highest BCUT2D eigenvalue weighted by atomic mass is 19.4. The Morgan fingerprint density at radius 2 is 2.19 bits per heavy atom. The number of nitrogens with zero attached hydrogens (tertiary/aromatic N) is 1. The van der Waals surface area contributed by atoms with E-state index in [4.69, 9.17) is 9.84 Å². The molecular weight excluding hydrogens is 293 g/mol. The molecule has 0 saturated heterocycles. The third-order valence-electron chi connectivity index (χ3n) is 2.28. The first-order chi connectivity index (χ1) is 9.88. The van der Waals surface area contributed by atoms with Crippen molar-refractivity contribution < 1.29 is 32.5 Å². The number of hydrogen-bond acceptors (Lipinski definition) is 5. The average Bonchev–Trinajstić information content (AvgIpc) is 2.36. The minimum absolute atomic E-state index is 0.00755. The first-order valence-corrected chi connectivity index (χ1v) is 6.06. The van der Waals surface area contributed by atoms with Gasteiger partial charge in [-0.15, -0.1) is 0 Å². The summed E-state index contributed by atoms with van der Waals surface area (Å²) in [6, 6.07) is 0. The Bertz CT molecular complexity index is 444. The normalized spacial score (nSPS) is 24.1. The number of aliphatic carboxylic acids is 1. The summed E-state index contributed by atoms with van der Waals surface area (Å²) in [6.07, 6.45) is -0.977. The van der Waals surface area contributed by atoms with Crippen LogP contribution in [0.4, 0.5) is 13.2 Å². The maximum atomic E-state index is 12.1. The van der Waals surface area contributed by atoms with Gasteiger partial charge >= 0.3 is 12.1 Å². The minimum Gasteiger partial charge on any atom is -0.478 e. The van der Waals surface area contributed by atoms with Crippen molar-refractivity contribution in [3.05, 3.63) is 23.6 Å². The Hall–Kier alpha value is -2.03. The van der Waals surface area contributed by atoms with E-state index in [2.05, 4.69) is 15.0 Å². The summed E-state index contributed by atoms with van der Waals surface area (Å²) in [5, 5.41) is 11.7. The highest BCUT2D eigenvalue weighted by molar-refractivity contribution is 5.86. The number of alkyl halides is 3. The summed E-state index contributed by atoms with van der Waals surface area (Å²) in [4.78, 5) is 14.6. The van der Waals surface area contributed by atoms with Crippen molar-refractivity contribution in [2.75, 3.05) is 26.4 Å². The van der Waals surface area contributed by atoms with Crippen LogP contribution in [0.3, 0.4) is 0 Å². The third-order valence-corrected chi connectivity index (χ3v) is 2.28. The largest absolute Gasteiger partial charge is 0.478 e. The predicted octanol–water partition coefficient (Wildman–Crippen LogP) is 1.46. The van der Waals surface area contributed by atoms with Gasteiger partial charge in [0.05, 0.1) is 19.6 Å². The number of nitrogens with one attached hydrogen (secondary N) is 1. The van der Waals surface area contributed by atoms with Gasteiger partial charge in [0.1, 0.15) is 0 Å². The number of halogens is 3. The van der Waals surface area contributed by atoms with Crippen molar-refractivity contribution >= 4 is 12.3 Å². The van der Waals surface area contributed by atoms with Crippen LogP contribution in [0.1, 0.15) is 6.42 Å². The summed E-state index contributed by atoms with van der Waals surface area (Å²) in [7, 11) is 0. The summed E-state index contributed by atoms with van der Waals surface area (Å²) < 4.78 is 46.0. The van der Waals surface area contributed by atoms with Crippen molar-refractivity contribution in [2.24, 2.45) is 4.99 Å². The Kier molecular flexibility index (Phi) is 6.73. The van der Waals surface area contributed by atoms with E-state index in [1.165, 1.54) is 6.34 Å². The molecule has 2 N–H and O–H groups in total. The summed E-state index contributed by atoms with van der Waals surface area (Å²) >= 11 is 0. The zero-order valence-corrected chi connectivity index (χ0v) is 11.0. The average molecular weight is 308 g/mol. The van der Waals surface area contributed by atoms with E-state index in [0.717, 1.165) is 12.2 Å². The summed E-state index contributed by atoms with van der Waals surface area (Å²) in [6.45, 7) is -0.595. The molecule has 0 spiro atoms. The maximum absolute atomic E-state index is 12.1. The van der Waals surface area contributed by atoms with Gasteiger partial charge in [-0.05, 0) is 6.08 Å². The van der Waals surface area contributed by atoms with Gasteiger partial charge in [0, 0.05) is 24.6 Å². The first kappa shape index (κ1) is 17.0. The van der Waals surface area contributed by atoms with Crippen LogP contribution in [0, 0.1) is 0 Å². The Morgan fingerprint density at radius 3 is 2.86 bits per heavy atom. The van der Waals surface area contributed by atoms with Gasteiger partial charge in [0.15, 0.2) is 6.61 Å². The Morgan fingerprint density at radius 1 is 1.43 bits per heavy atom. The minimum atomic E-state index is -4.50. The second-order valence-corrected chi connectivity index (χ2v) is 3.98. The van der Waals surface area contributed by atoms with Crippen LogP contribution in [0.2, 0.25) is 0 Å². The second kappa shape index (κ2) is 8.30. The van der Waals surface area contributed by atoms with E-state index in [9.17, 15) is 18.0 Å². The van der Waals surface area contributed by atoms with Crippen molar-refractivity contribution in [2.45, 2.75) is 12.6 Å². The fraction of sp³-hybridized carbons (Fsp3) is 0.500. The SMILES string of the molecule is O=C(O)/C1=C/C=C(OCC(F)(F)F)\N=C\NCCOCC1. The summed E-state index contributed by atoms with van der Waals surface area (Å²) in [5.74, 6) is -1.51. The lowest BCUT2D eigenvalue weighted by Crippen LogP contribution is -2.20. The molecule has 0 amide bonds. The zero-order valence-electron chi connectivity index (χ0n) is 11.0. The van der Waals surface area contributed by atoms with Gasteiger partial charge in [-0.3, -0.25) is 0 Å². The Labute approximate surface area is 118 Å². The molecule has 0 aromatic heterocycles. The van der Waals surface area contributed by atoms with E-state index in [-0.39, 0.29) is 24.5 Å². The van der Waals surface area contributed by atoms with E-state index >= 15 is 0 Å². The third kappa shape index (κ3) is 7.98. The molecule has 0 aromatic carbocycles. The number of carboxylic acid groups (broad SMARTS) is 1. The van der Waals surface area contributed by atoms with Gasteiger partial charge in [-0.2, -0.15) is 13.2 Å². The number of carboxylic acids is 1. The molecule has 0 saturated carbocycles. The van der Waals surface area contributed by atoms with Crippen molar-refractivity contribution in [1.29, 1.82) is 0 Å². The smallest absolute Gasteiger partial charge is 0.422 e. The van der Waals surface area contributed by atoms with Gasteiger partial charge in [0.25, 0.3) is 0 Å². The van der Waals surface area contributed by atoms with Crippen molar-refractivity contribution in [3.63, 3.8) is 0 Å². The fourth-order valence-electron chi connectivity index (χ4n) is 1.31. The monoisotopic (exact) mass is 308 g/mol. The van der Waals surface area contributed by atoms with E-state index in [0.29, 0.717) is 13.2 Å². The second-order valence-electron chi connectivity index (χ2n) is 3.98. The molecule has 0 radical (unpaired) electrons. The predicted molar refractivity (Wildman–Crippen MR) is 67.7 cm³/mol. The number of rotatable bonds is 3. The number of carbonyl (C=O) groups is 1. The van der Waals surface area contributed by atoms with Gasteiger partial charge in [0.2, 0.25) is 5.88 Å². The molecule has 0 unspecified atom stereocenters. The van der Waals surface area contributed by atoms with Crippen LogP contribution >= 0.6 is 0 Å². The molecule has 6 nitrogen and oxygen atoms in total. The maximum Gasteiger partial charge on any atom is 0.422 e. The molecule has 0 fully saturated rings. The van der Waals surface area contributed by atoms with Crippen molar-refractivity contribution in [3.8, 4) is 0 Å². The molecule has 0 aromatic rings. The number of ether oxygens (including phenoxy) is 2. The highest BCUT2D eigenvalue weighted by Crippen LogP contribution is 2.17. The van der Waals surface area contributed by atoms with Crippen LogP contribution in [0.5, 0.6) is 0 Å². The highest BCUT2D eigenvalue weighted by Gasteiger charge is 2.28. The van der Waals surface area contributed by atoms with Crippen molar-refractivity contribution in [1.82, 2.24) is 5.32 Å². The lowest BCUT2D eigenvalue weighted by molar-refractivity contribution is -0.164. The standard InChI is InChI=1S/C12H15F3N2O4/c13-12(14,15)7-21-10-2-1-9(11(18)19)3-5-20-6-4-16-8-17-10/h1-2,8H,3-7H2,(H,16,17)(H,18,19)/b9-1+,10-2+. The lowest BCUT2D eigenvalue weighted by Gasteiger charge is -2.10. The van der Waals surface area contributed by atoms with Crippen LogP contribution < -0.4 is 5.32 Å². The quantitative estimate of drug-likeness (QED) is 0.825. The molecule has 0 aliphatic carbocycles. The van der Waals surface area contributed by atoms with Crippen LogP contribution in [-0.4, -0.2) is 50.0 Å². The van der Waals surface area contributed by atoms with Crippen LogP contribution in [0.25, 0.3) is 0 Å². The molecule has 21 heavy (non-hydrogen) atoms. The van der Waals surface area contributed by atoms with Gasteiger partial charge in [-0.25, -0.2) is 9.79 Å².